The maximum absolute atomic E-state index is 12.1. The average Bonchev–Trinajstić information content (AvgIpc) is 2.96. The molecule has 8 heteroatoms. The van der Waals surface area contributed by atoms with Crippen molar-refractivity contribution < 1.29 is 13.2 Å². The molecule has 1 aromatic carbocycles. The third-order valence-electron chi connectivity index (χ3n) is 4.12. The molecule has 0 radical (unpaired) electrons. The third-order valence-corrected chi connectivity index (χ3v) is 7.82. The molecular weight excluding hydrogens is 412 g/mol. The normalized spacial score (nSPS) is 26.8. The summed E-state index contributed by atoms with van der Waals surface area (Å²) in [5.74, 6) is 0.121. The summed E-state index contributed by atoms with van der Waals surface area (Å²) in [6, 6.07) is 7.51. The predicted octanol–water partition coefficient (Wildman–Crippen LogP) is 3.24. The number of carbonyl (C=O) groups excluding carboxylic acids is 1. The molecule has 1 aromatic rings. The largest absolute Gasteiger partial charge is 0.316 e. The molecule has 0 aliphatic carbocycles. The Hall–Kier alpha value is -0.860. The summed E-state index contributed by atoms with van der Waals surface area (Å²) in [6.07, 6.45) is 2.20. The van der Waals surface area contributed by atoms with E-state index in [1.165, 1.54) is 11.8 Å². The molecule has 5 nitrogen and oxygen atoms in total. The van der Waals surface area contributed by atoms with E-state index in [4.69, 9.17) is 0 Å². The molecule has 0 saturated carbocycles. The van der Waals surface area contributed by atoms with E-state index in [0.717, 1.165) is 23.0 Å². The summed E-state index contributed by atoms with van der Waals surface area (Å²) in [5.41, 5.74) is 0.864. The van der Waals surface area contributed by atoms with E-state index in [9.17, 15) is 13.2 Å². The molecule has 2 aliphatic rings. The molecule has 130 valence electrons. The lowest BCUT2D eigenvalue weighted by molar-refractivity contribution is -0.117. The monoisotopic (exact) mass is 430 g/mol. The number of amidine groups is 1. The fraction of sp³-hybridized carbons (Fsp3) is 0.500. The van der Waals surface area contributed by atoms with Gasteiger partial charge in [-0.25, -0.2) is 8.42 Å². The van der Waals surface area contributed by atoms with Crippen LogP contribution >= 0.6 is 27.7 Å². The van der Waals surface area contributed by atoms with Crippen molar-refractivity contribution in [3.8, 4) is 0 Å². The van der Waals surface area contributed by atoms with Gasteiger partial charge in [0.25, 0.3) is 0 Å². The zero-order chi connectivity index (χ0) is 17.3. The van der Waals surface area contributed by atoms with Crippen LogP contribution in [0.3, 0.4) is 0 Å². The number of fused-ring (bicyclic) bond motifs is 1. The lowest BCUT2D eigenvalue weighted by Gasteiger charge is -2.24. The number of carbonyl (C=O) groups is 1. The lowest BCUT2D eigenvalue weighted by Crippen LogP contribution is -2.37. The first-order valence-electron chi connectivity index (χ1n) is 7.93. The highest BCUT2D eigenvalue weighted by Crippen LogP contribution is 2.41. The average molecular weight is 431 g/mol. The van der Waals surface area contributed by atoms with Gasteiger partial charge in [-0.2, -0.15) is 4.99 Å². The molecule has 1 amide bonds. The van der Waals surface area contributed by atoms with Crippen molar-refractivity contribution >= 4 is 54.3 Å². The van der Waals surface area contributed by atoms with Crippen LogP contribution in [-0.4, -0.2) is 42.3 Å². The van der Waals surface area contributed by atoms with Gasteiger partial charge in [0.2, 0.25) is 5.91 Å². The maximum Gasteiger partial charge on any atom is 0.248 e. The fourth-order valence-electron chi connectivity index (χ4n) is 2.98. The van der Waals surface area contributed by atoms with Crippen LogP contribution in [0.2, 0.25) is 0 Å². The van der Waals surface area contributed by atoms with Crippen molar-refractivity contribution in [2.24, 2.45) is 4.99 Å². The first-order chi connectivity index (χ1) is 11.4. The number of halogens is 1. The van der Waals surface area contributed by atoms with Crippen molar-refractivity contribution in [3.63, 3.8) is 0 Å². The van der Waals surface area contributed by atoms with Crippen LogP contribution in [0.5, 0.6) is 0 Å². The highest BCUT2D eigenvalue weighted by molar-refractivity contribution is 9.10. The van der Waals surface area contributed by atoms with Gasteiger partial charge in [0.05, 0.1) is 17.5 Å². The molecule has 24 heavy (non-hydrogen) atoms. The molecule has 2 atom stereocenters. The Bertz CT molecular complexity index is 779. The number of amides is 1. The minimum atomic E-state index is -3.04. The smallest absolute Gasteiger partial charge is 0.248 e. The second-order valence-corrected chi connectivity index (χ2v) is 10.3. The third kappa shape index (κ3) is 3.86. The molecule has 0 N–H and O–H groups in total. The van der Waals surface area contributed by atoms with Crippen LogP contribution in [0.1, 0.15) is 26.2 Å². The zero-order valence-corrected chi connectivity index (χ0v) is 16.5. The topological polar surface area (TPSA) is 66.8 Å². The van der Waals surface area contributed by atoms with E-state index in [1.807, 2.05) is 36.1 Å². The van der Waals surface area contributed by atoms with Gasteiger partial charge in [-0.15, -0.1) is 0 Å². The van der Waals surface area contributed by atoms with Crippen LogP contribution < -0.4 is 4.90 Å². The van der Waals surface area contributed by atoms with Crippen molar-refractivity contribution in [3.05, 3.63) is 28.7 Å². The number of hydrogen-bond acceptors (Lipinski definition) is 4. The van der Waals surface area contributed by atoms with Gasteiger partial charge in [0.15, 0.2) is 15.0 Å². The zero-order valence-electron chi connectivity index (χ0n) is 13.3. The molecule has 0 bridgehead atoms. The van der Waals surface area contributed by atoms with Crippen LogP contribution in [0.25, 0.3) is 0 Å². The van der Waals surface area contributed by atoms with Crippen molar-refractivity contribution in [1.82, 2.24) is 0 Å². The molecule has 0 aromatic heterocycles. The van der Waals surface area contributed by atoms with E-state index < -0.39 is 9.84 Å². The molecule has 0 unspecified atom stereocenters. The van der Waals surface area contributed by atoms with E-state index in [1.54, 1.807) is 0 Å². The highest BCUT2D eigenvalue weighted by Gasteiger charge is 2.49. The van der Waals surface area contributed by atoms with Gasteiger partial charge in [-0.1, -0.05) is 47.1 Å². The Morgan fingerprint density at radius 1 is 1.42 bits per heavy atom. The predicted molar refractivity (Wildman–Crippen MR) is 102 cm³/mol. The Kier molecular flexibility index (Phi) is 5.36. The summed E-state index contributed by atoms with van der Waals surface area (Å²) in [5, 5.41) is 0.561. The summed E-state index contributed by atoms with van der Waals surface area (Å²) < 4.78 is 24.9. The number of benzene rings is 1. The first-order valence-corrected chi connectivity index (χ1v) is 11.4. The van der Waals surface area contributed by atoms with Gasteiger partial charge in [0.1, 0.15) is 0 Å². The second-order valence-electron chi connectivity index (χ2n) is 6.04. The number of nitrogens with zero attached hydrogens (tertiary/aromatic N) is 2. The molecule has 2 aliphatic heterocycles. The van der Waals surface area contributed by atoms with Gasteiger partial charge in [0, 0.05) is 21.8 Å². The maximum atomic E-state index is 12.1. The number of anilines is 1. The van der Waals surface area contributed by atoms with E-state index in [2.05, 4.69) is 20.9 Å². The van der Waals surface area contributed by atoms with Gasteiger partial charge in [-0.05, 0) is 24.6 Å². The Labute approximate surface area is 155 Å². The van der Waals surface area contributed by atoms with Crippen molar-refractivity contribution in [1.29, 1.82) is 0 Å². The number of aliphatic imine (C=N–C) groups is 1. The minimum Gasteiger partial charge on any atom is -0.316 e. The molecular formula is C16H19BrN2O3S2. The van der Waals surface area contributed by atoms with Crippen LogP contribution in [0.4, 0.5) is 5.69 Å². The number of thioether (sulfide) groups is 1. The quantitative estimate of drug-likeness (QED) is 0.733. The summed E-state index contributed by atoms with van der Waals surface area (Å²) >= 11 is 4.87. The lowest BCUT2D eigenvalue weighted by atomic mass is 10.2. The number of unbranched alkanes of at least 4 members (excludes halogenated alkanes) is 1. The van der Waals surface area contributed by atoms with Gasteiger partial charge in [-0.3, -0.25) is 4.79 Å². The van der Waals surface area contributed by atoms with Crippen LogP contribution in [-0.2, 0) is 14.6 Å². The molecule has 2 fully saturated rings. The van der Waals surface area contributed by atoms with E-state index in [0.29, 0.717) is 11.6 Å². The summed E-state index contributed by atoms with van der Waals surface area (Å²) in [6.45, 7) is 2.04. The molecule has 2 heterocycles. The standard InChI is InChI=1S/C16H19BrN2O3S2/c1-2-3-7-15(20)18-16-19(12-6-4-5-11(17)8-12)13-9-24(21,22)10-14(13)23-16/h4-6,8,13-14H,2-3,7,9-10H2,1H3/t13-,14-/m0/s1. The van der Waals surface area contributed by atoms with E-state index in [-0.39, 0.29) is 28.7 Å². The fourth-order valence-corrected chi connectivity index (χ4v) is 7.30. The molecule has 2 saturated heterocycles. The van der Waals surface area contributed by atoms with Crippen LogP contribution in [0.15, 0.2) is 33.7 Å². The highest BCUT2D eigenvalue weighted by atomic mass is 79.9. The van der Waals surface area contributed by atoms with Gasteiger partial charge < -0.3 is 4.90 Å². The van der Waals surface area contributed by atoms with E-state index >= 15 is 0 Å². The van der Waals surface area contributed by atoms with Crippen molar-refractivity contribution in [2.75, 3.05) is 16.4 Å². The summed E-state index contributed by atoms with van der Waals surface area (Å²) in [7, 11) is -3.04. The Morgan fingerprint density at radius 3 is 2.92 bits per heavy atom. The number of rotatable bonds is 4. The van der Waals surface area contributed by atoms with Gasteiger partial charge >= 0.3 is 0 Å². The SMILES string of the molecule is CCCCC(=O)N=C1S[C@H]2CS(=O)(=O)C[C@@H]2N1c1cccc(Br)c1. The van der Waals surface area contributed by atoms with Crippen molar-refractivity contribution in [2.45, 2.75) is 37.5 Å². The molecule has 3 rings (SSSR count). The number of hydrogen-bond donors (Lipinski definition) is 0. The molecule has 0 spiro atoms. The first kappa shape index (κ1) is 17.9. The summed E-state index contributed by atoms with van der Waals surface area (Å²) in [4.78, 5) is 18.3. The minimum absolute atomic E-state index is 0.0632. The van der Waals surface area contributed by atoms with Crippen LogP contribution in [0, 0.1) is 0 Å². The Balaban J connectivity index is 1.94. The number of sulfone groups is 1. The Morgan fingerprint density at radius 2 is 2.21 bits per heavy atom. The second kappa shape index (κ2) is 7.17.